The molecule has 2 aromatic rings. The fraction of sp³-hybridized carbons (Fsp3) is 0.133. The van der Waals surface area contributed by atoms with Crippen LogP contribution in [0.1, 0.15) is 24.1 Å². The topological polar surface area (TPSA) is 59.0 Å². The van der Waals surface area contributed by atoms with Gasteiger partial charge in [0.15, 0.2) is 23.1 Å². The van der Waals surface area contributed by atoms with Crippen molar-refractivity contribution in [3.63, 3.8) is 0 Å². The van der Waals surface area contributed by atoms with Crippen LogP contribution >= 0.6 is 0 Å². The van der Waals surface area contributed by atoms with Crippen molar-refractivity contribution in [1.29, 1.82) is 5.26 Å². The van der Waals surface area contributed by atoms with Gasteiger partial charge in [-0.1, -0.05) is 6.07 Å². The normalized spacial score (nSPS) is 11.8. The van der Waals surface area contributed by atoms with Crippen LogP contribution < -0.4 is 10.5 Å². The number of benzene rings is 2. The van der Waals surface area contributed by atoms with Crippen molar-refractivity contribution in [2.45, 2.75) is 13.0 Å². The Kier molecular flexibility index (Phi) is 3.97. The number of rotatable bonds is 3. The van der Waals surface area contributed by atoms with E-state index in [-0.39, 0.29) is 23.1 Å². The van der Waals surface area contributed by atoms with E-state index in [2.05, 4.69) is 0 Å². The highest BCUT2D eigenvalue weighted by Crippen LogP contribution is 2.28. The molecule has 5 heteroatoms. The van der Waals surface area contributed by atoms with Gasteiger partial charge in [0, 0.05) is 6.04 Å². The van der Waals surface area contributed by atoms with Gasteiger partial charge in [-0.2, -0.15) is 5.26 Å². The first kappa shape index (κ1) is 14.0. The highest BCUT2D eigenvalue weighted by Gasteiger charge is 2.11. The lowest BCUT2D eigenvalue weighted by molar-refractivity contribution is 0.414. The third-order valence-corrected chi connectivity index (χ3v) is 2.76. The predicted molar refractivity (Wildman–Crippen MR) is 70.2 cm³/mol. The summed E-state index contributed by atoms with van der Waals surface area (Å²) in [6, 6.07) is 9.48. The van der Waals surface area contributed by atoms with Crippen LogP contribution in [0.5, 0.6) is 11.5 Å². The molecule has 0 heterocycles. The highest BCUT2D eigenvalue weighted by atomic mass is 19.1. The van der Waals surface area contributed by atoms with Crippen LogP contribution in [0.2, 0.25) is 0 Å². The van der Waals surface area contributed by atoms with Gasteiger partial charge in [-0.15, -0.1) is 0 Å². The van der Waals surface area contributed by atoms with Crippen LogP contribution in [0.15, 0.2) is 36.4 Å². The molecule has 1 atom stereocenters. The van der Waals surface area contributed by atoms with Gasteiger partial charge in [0.1, 0.15) is 0 Å². The lowest BCUT2D eigenvalue weighted by Crippen LogP contribution is -2.05. The molecule has 2 aromatic carbocycles. The van der Waals surface area contributed by atoms with E-state index in [0.29, 0.717) is 5.56 Å². The standard InChI is InChI=1S/C15H12F2N2O/c1-9(19)11-3-5-15(13(17)7-11)20-14-4-2-10(8-18)6-12(14)16/h2-7,9H,19H2,1H3/t9-/m0/s1. The summed E-state index contributed by atoms with van der Waals surface area (Å²) in [6.07, 6.45) is 0. The van der Waals surface area contributed by atoms with E-state index in [1.807, 2.05) is 0 Å². The first-order chi connectivity index (χ1) is 9.51. The van der Waals surface area contributed by atoms with Gasteiger partial charge in [0.25, 0.3) is 0 Å². The number of hydrogen-bond acceptors (Lipinski definition) is 3. The molecular weight excluding hydrogens is 262 g/mol. The van der Waals surface area contributed by atoms with Gasteiger partial charge >= 0.3 is 0 Å². The largest absolute Gasteiger partial charge is 0.451 e. The van der Waals surface area contributed by atoms with Crippen molar-refractivity contribution in [2.24, 2.45) is 5.73 Å². The summed E-state index contributed by atoms with van der Waals surface area (Å²) in [7, 11) is 0. The van der Waals surface area contributed by atoms with Crippen molar-refractivity contribution in [3.05, 3.63) is 59.2 Å². The van der Waals surface area contributed by atoms with Crippen molar-refractivity contribution >= 4 is 0 Å². The van der Waals surface area contributed by atoms with E-state index in [0.717, 1.165) is 6.07 Å². The Balaban J connectivity index is 2.29. The third-order valence-electron chi connectivity index (χ3n) is 2.76. The molecule has 20 heavy (non-hydrogen) atoms. The molecule has 2 rings (SSSR count). The zero-order valence-corrected chi connectivity index (χ0v) is 10.7. The highest BCUT2D eigenvalue weighted by molar-refractivity contribution is 5.39. The number of nitrogens with zero attached hydrogens (tertiary/aromatic N) is 1. The summed E-state index contributed by atoms with van der Waals surface area (Å²) in [5, 5.41) is 8.64. The molecule has 0 fully saturated rings. The monoisotopic (exact) mass is 274 g/mol. The van der Waals surface area contributed by atoms with Gasteiger partial charge in [-0.3, -0.25) is 0 Å². The Morgan fingerprint density at radius 2 is 1.70 bits per heavy atom. The summed E-state index contributed by atoms with van der Waals surface area (Å²) in [4.78, 5) is 0. The zero-order chi connectivity index (χ0) is 14.7. The van der Waals surface area contributed by atoms with Gasteiger partial charge in [0.05, 0.1) is 11.6 Å². The van der Waals surface area contributed by atoms with Gasteiger partial charge < -0.3 is 10.5 Å². The van der Waals surface area contributed by atoms with Crippen molar-refractivity contribution in [3.8, 4) is 17.6 Å². The quantitative estimate of drug-likeness (QED) is 0.929. The van der Waals surface area contributed by atoms with Crippen LogP contribution in [0, 0.1) is 23.0 Å². The second-order valence-corrected chi connectivity index (χ2v) is 4.34. The molecule has 0 aliphatic rings. The smallest absolute Gasteiger partial charge is 0.167 e. The lowest BCUT2D eigenvalue weighted by atomic mass is 10.1. The molecule has 0 radical (unpaired) electrons. The molecule has 0 aromatic heterocycles. The minimum atomic E-state index is -0.722. The molecule has 0 unspecified atom stereocenters. The fourth-order valence-electron chi connectivity index (χ4n) is 1.65. The maximum absolute atomic E-state index is 13.8. The summed E-state index contributed by atoms with van der Waals surface area (Å²) < 4.78 is 32.6. The molecule has 0 saturated heterocycles. The van der Waals surface area contributed by atoms with E-state index in [9.17, 15) is 8.78 Å². The Bertz CT molecular complexity index is 678. The Labute approximate surface area is 115 Å². The first-order valence-corrected chi connectivity index (χ1v) is 5.94. The third kappa shape index (κ3) is 2.92. The van der Waals surface area contributed by atoms with E-state index >= 15 is 0 Å². The van der Waals surface area contributed by atoms with Crippen molar-refractivity contribution in [2.75, 3.05) is 0 Å². The average molecular weight is 274 g/mol. The van der Waals surface area contributed by atoms with Crippen molar-refractivity contribution in [1.82, 2.24) is 0 Å². The van der Waals surface area contributed by atoms with E-state index in [4.69, 9.17) is 15.7 Å². The number of ether oxygens (including phenoxy) is 1. The number of halogens is 2. The second kappa shape index (κ2) is 5.68. The van der Waals surface area contributed by atoms with Gasteiger partial charge in [-0.05, 0) is 42.8 Å². The van der Waals surface area contributed by atoms with E-state index in [1.165, 1.54) is 24.3 Å². The second-order valence-electron chi connectivity index (χ2n) is 4.34. The average Bonchev–Trinajstić information content (AvgIpc) is 2.42. The summed E-state index contributed by atoms with van der Waals surface area (Å²) >= 11 is 0. The molecule has 0 saturated carbocycles. The minimum Gasteiger partial charge on any atom is -0.451 e. The summed E-state index contributed by atoms with van der Waals surface area (Å²) in [5.41, 5.74) is 6.43. The fourth-order valence-corrected chi connectivity index (χ4v) is 1.65. The molecular formula is C15H12F2N2O. The van der Waals surface area contributed by atoms with E-state index in [1.54, 1.807) is 19.1 Å². The number of nitriles is 1. The van der Waals surface area contributed by atoms with Crippen LogP contribution in [0.4, 0.5) is 8.78 Å². The van der Waals surface area contributed by atoms with Gasteiger partial charge in [0.2, 0.25) is 0 Å². The molecule has 102 valence electrons. The first-order valence-electron chi connectivity index (χ1n) is 5.94. The summed E-state index contributed by atoms with van der Waals surface area (Å²) in [6.45, 7) is 1.73. The summed E-state index contributed by atoms with van der Waals surface area (Å²) in [5.74, 6) is -1.59. The maximum Gasteiger partial charge on any atom is 0.167 e. The van der Waals surface area contributed by atoms with Crippen LogP contribution in [0.3, 0.4) is 0 Å². The maximum atomic E-state index is 13.8. The molecule has 0 spiro atoms. The molecule has 0 aliphatic heterocycles. The number of hydrogen-bond donors (Lipinski definition) is 1. The molecule has 0 bridgehead atoms. The molecule has 0 amide bonds. The molecule has 3 nitrogen and oxygen atoms in total. The SMILES string of the molecule is C[C@H](N)c1ccc(Oc2ccc(C#N)cc2F)c(F)c1. The van der Waals surface area contributed by atoms with E-state index < -0.39 is 11.6 Å². The zero-order valence-electron chi connectivity index (χ0n) is 10.7. The predicted octanol–water partition coefficient (Wildman–Crippen LogP) is 3.65. The molecule has 0 aliphatic carbocycles. The number of nitrogens with two attached hydrogens (primary N) is 1. The minimum absolute atomic E-state index is 0.0991. The van der Waals surface area contributed by atoms with Crippen LogP contribution in [-0.2, 0) is 0 Å². The van der Waals surface area contributed by atoms with Crippen LogP contribution in [0.25, 0.3) is 0 Å². The lowest BCUT2D eigenvalue weighted by Gasteiger charge is -2.10. The Hall–Kier alpha value is -2.45. The Morgan fingerprint density at radius 1 is 1.10 bits per heavy atom. The Morgan fingerprint density at radius 3 is 2.20 bits per heavy atom. The van der Waals surface area contributed by atoms with Crippen LogP contribution in [-0.4, -0.2) is 0 Å². The molecule has 2 N–H and O–H groups in total. The van der Waals surface area contributed by atoms with Crippen molar-refractivity contribution < 1.29 is 13.5 Å². The van der Waals surface area contributed by atoms with Gasteiger partial charge in [-0.25, -0.2) is 8.78 Å².